The van der Waals surface area contributed by atoms with E-state index in [9.17, 15) is 14.7 Å². The minimum Gasteiger partial charge on any atom is -0.478 e. The number of allylic oxidation sites excluding steroid dienone is 2. The summed E-state index contributed by atoms with van der Waals surface area (Å²) < 4.78 is 5.89. The molecule has 3 rings (SSSR count). The van der Waals surface area contributed by atoms with Gasteiger partial charge in [0, 0.05) is 38.5 Å². The van der Waals surface area contributed by atoms with E-state index >= 15 is 0 Å². The van der Waals surface area contributed by atoms with E-state index in [0.717, 1.165) is 12.8 Å². The van der Waals surface area contributed by atoms with E-state index in [2.05, 4.69) is 17.1 Å². The van der Waals surface area contributed by atoms with Gasteiger partial charge in [0.1, 0.15) is 5.75 Å². The lowest BCUT2D eigenvalue weighted by Crippen LogP contribution is -2.54. The zero-order valence-corrected chi connectivity index (χ0v) is 14.5. The Hall–Kier alpha value is -2.37. The van der Waals surface area contributed by atoms with Crippen molar-refractivity contribution >= 4 is 11.9 Å². The van der Waals surface area contributed by atoms with Crippen molar-refractivity contribution in [2.45, 2.75) is 44.6 Å². The van der Waals surface area contributed by atoms with Crippen molar-refractivity contribution in [3.05, 3.63) is 36.2 Å². The Kier molecular flexibility index (Phi) is 5.06. The van der Waals surface area contributed by atoms with Crippen LogP contribution >= 0.6 is 0 Å². The van der Waals surface area contributed by atoms with Crippen LogP contribution in [0.4, 0.5) is 0 Å². The maximum Gasteiger partial charge on any atom is 0.348 e. The van der Waals surface area contributed by atoms with Gasteiger partial charge in [0.2, 0.25) is 11.5 Å². The van der Waals surface area contributed by atoms with Crippen LogP contribution in [0.5, 0.6) is 5.75 Å². The van der Waals surface area contributed by atoms with Crippen LogP contribution in [0.25, 0.3) is 0 Å². The smallest absolute Gasteiger partial charge is 0.348 e. The van der Waals surface area contributed by atoms with Crippen LogP contribution in [-0.4, -0.2) is 45.6 Å². The number of likely N-dealkylation sites (tertiary alicyclic amines) is 1. The summed E-state index contributed by atoms with van der Waals surface area (Å²) in [6, 6.07) is 3.46. The monoisotopic (exact) mass is 344 g/mol. The molecule has 1 N–H and O–H groups in total. The third-order valence-corrected chi connectivity index (χ3v) is 5.13. The summed E-state index contributed by atoms with van der Waals surface area (Å²) in [6.45, 7) is 2.60. The first-order valence-corrected chi connectivity index (χ1v) is 8.79. The van der Waals surface area contributed by atoms with E-state index in [4.69, 9.17) is 4.74 Å². The van der Waals surface area contributed by atoms with Crippen LogP contribution in [-0.2, 0) is 9.59 Å². The maximum absolute atomic E-state index is 12.4. The van der Waals surface area contributed by atoms with Gasteiger partial charge in [-0.25, -0.2) is 4.79 Å². The van der Waals surface area contributed by atoms with Crippen molar-refractivity contribution in [3.8, 4) is 5.75 Å². The Morgan fingerprint density at radius 2 is 2.16 bits per heavy atom. The number of aromatic nitrogens is 1. The van der Waals surface area contributed by atoms with E-state index < -0.39 is 11.6 Å². The number of pyridine rings is 1. The number of amides is 1. The first-order valence-electron chi connectivity index (χ1n) is 8.79. The summed E-state index contributed by atoms with van der Waals surface area (Å²) in [5.41, 5.74) is -0.632. The van der Waals surface area contributed by atoms with Crippen LogP contribution in [0.3, 0.4) is 0 Å². The molecule has 1 aliphatic carbocycles. The molecule has 0 aromatic carbocycles. The average molecular weight is 344 g/mol. The van der Waals surface area contributed by atoms with Crippen LogP contribution in [0.15, 0.2) is 30.5 Å². The van der Waals surface area contributed by atoms with E-state index in [-0.39, 0.29) is 18.7 Å². The predicted octanol–water partition coefficient (Wildman–Crippen LogP) is 2.57. The van der Waals surface area contributed by atoms with Gasteiger partial charge in [0.15, 0.2) is 0 Å². The van der Waals surface area contributed by atoms with E-state index in [0.29, 0.717) is 36.9 Å². The zero-order valence-electron chi connectivity index (χ0n) is 14.5. The first-order chi connectivity index (χ1) is 12.0. The first kappa shape index (κ1) is 17.5. The van der Waals surface area contributed by atoms with E-state index in [1.807, 2.05) is 0 Å². The summed E-state index contributed by atoms with van der Waals surface area (Å²) in [4.78, 5) is 30.2. The highest BCUT2D eigenvalue weighted by Crippen LogP contribution is 2.31. The number of carboxylic acid groups (broad SMARTS) is 1. The molecule has 0 bridgehead atoms. The number of hydrogen-bond donors (Lipinski definition) is 1. The Morgan fingerprint density at radius 3 is 2.76 bits per heavy atom. The minimum atomic E-state index is -1.29. The number of piperidine rings is 1. The highest BCUT2D eigenvalue weighted by Gasteiger charge is 2.45. The van der Waals surface area contributed by atoms with Crippen molar-refractivity contribution in [1.82, 2.24) is 9.88 Å². The van der Waals surface area contributed by atoms with Gasteiger partial charge in [0.25, 0.3) is 0 Å². The molecule has 1 aromatic rings. The molecule has 2 heterocycles. The fourth-order valence-corrected chi connectivity index (χ4v) is 3.48. The second-order valence-corrected chi connectivity index (χ2v) is 6.84. The van der Waals surface area contributed by atoms with Gasteiger partial charge in [-0.1, -0.05) is 12.2 Å². The molecular formula is C19H24N2O4. The van der Waals surface area contributed by atoms with E-state index in [1.165, 1.54) is 0 Å². The Bertz CT molecular complexity index is 678. The normalized spacial score (nSPS) is 22.0. The van der Waals surface area contributed by atoms with Gasteiger partial charge in [-0.15, -0.1) is 0 Å². The van der Waals surface area contributed by atoms with Gasteiger partial charge in [-0.05, 0) is 37.8 Å². The summed E-state index contributed by atoms with van der Waals surface area (Å²) in [5, 5.41) is 9.74. The van der Waals surface area contributed by atoms with Crippen LogP contribution in [0.1, 0.15) is 37.8 Å². The number of ether oxygens (including phenoxy) is 1. The Balaban J connectivity index is 1.64. The number of aryl methyl sites for hydroxylation is 1. The molecule has 1 atom stereocenters. The molecule has 25 heavy (non-hydrogen) atoms. The lowest BCUT2D eigenvalue weighted by molar-refractivity contribution is -0.162. The number of nitrogens with zero attached hydrogens (tertiary/aromatic N) is 2. The number of aliphatic carboxylic acids is 1. The maximum atomic E-state index is 12.4. The number of carbonyl (C=O) groups is 2. The summed E-state index contributed by atoms with van der Waals surface area (Å²) >= 11 is 0. The van der Waals surface area contributed by atoms with Crippen molar-refractivity contribution in [1.29, 1.82) is 0 Å². The quantitative estimate of drug-likeness (QED) is 0.831. The molecule has 1 aromatic heterocycles. The van der Waals surface area contributed by atoms with Gasteiger partial charge >= 0.3 is 5.97 Å². The molecule has 1 saturated heterocycles. The van der Waals surface area contributed by atoms with Gasteiger partial charge in [0.05, 0.1) is 5.69 Å². The molecule has 6 heteroatoms. The summed E-state index contributed by atoms with van der Waals surface area (Å²) in [5.74, 6) is -0.0663. The standard InChI is InChI=1S/C19H24N2O4/c1-14-16(7-4-10-20-14)25-19(18(23)24)8-11-21(12-9-19)17(22)13-15-5-2-3-6-15/h2,4-5,7,10,15H,3,6,8-9,11-13H2,1H3,(H,23,24)/t15-/m0/s1. The van der Waals surface area contributed by atoms with Gasteiger partial charge in [-0.3, -0.25) is 9.78 Å². The highest BCUT2D eigenvalue weighted by molar-refractivity contribution is 5.80. The molecule has 2 aliphatic rings. The van der Waals surface area contributed by atoms with Crippen LogP contribution in [0.2, 0.25) is 0 Å². The fraction of sp³-hybridized carbons (Fsp3) is 0.526. The number of carboxylic acids is 1. The Labute approximate surface area is 147 Å². The Morgan fingerprint density at radius 1 is 1.40 bits per heavy atom. The van der Waals surface area contributed by atoms with E-state index in [1.54, 1.807) is 30.2 Å². The third kappa shape index (κ3) is 3.83. The van der Waals surface area contributed by atoms with Crippen molar-refractivity contribution in [2.24, 2.45) is 5.92 Å². The van der Waals surface area contributed by atoms with Crippen LogP contribution in [0, 0.1) is 12.8 Å². The summed E-state index contributed by atoms with van der Waals surface area (Å²) in [6.07, 6.45) is 9.02. The number of hydrogen-bond acceptors (Lipinski definition) is 4. The largest absolute Gasteiger partial charge is 0.478 e. The van der Waals surface area contributed by atoms with Crippen LogP contribution < -0.4 is 4.74 Å². The molecule has 6 nitrogen and oxygen atoms in total. The molecule has 1 aliphatic heterocycles. The fourth-order valence-electron chi connectivity index (χ4n) is 3.48. The summed E-state index contributed by atoms with van der Waals surface area (Å²) in [7, 11) is 0. The molecule has 134 valence electrons. The molecule has 0 radical (unpaired) electrons. The average Bonchev–Trinajstić information content (AvgIpc) is 3.10. The molecule has 0 unspecified atom stereocenters. The van der Waals surface area contributed by atoms with Crippen molar-refractivity contribution in [3.63, 3.8) is 0 Å². The molecule has 1 amide bonds. The molecule has 0 spiro atoms. The second-order valence-electron chi connectivity index (χ2n) is 6.84. The molecular weight excluding hydrogens is 320 g/mol. The number of rotatable bonds is 5. The molecule has 1 fully saturated rings. The minimum absolute atomic E-state index is 0.105. The molecule has 0 saturated carbocycles. The lowest BCUT2D eigenvalue weighted by Gasteiger charge is -2.39. The van der Waals surface area contributed by atoms with Crippen molar-refractivity contribution < 1.29 is 19.4 Å². The highest BCUT2D eigenvalue weighted by atomic mass is 16.5. The number of carbonyl (C=O) groups excluding carboxylic acids is 1. The lowest BCUT2D eigenvalue weighted by atomic mass is 9.90. The van der Waals surface area contributed by atoms with Crippen molar-refractivity contribution in [2.75, 3.05) is 13.1 Å². The topological polar surface area (TPSA) is 79.7 Å². The third-order valence-electron chi connectivity index (χ3n) is 5.13. The SMILES string of the molecule is Cc1ncccc1OC1(C(=O)O)CCN(C(=O)C[C@H]2C=CCC2)CC1. The second kappa shape index (κ2) is 7.25. The van der Waals surface area contributed by atoms with Gasteiger partial charge < -0.3 is 14.7 Å². The predicted molar refractivity (Wildman–Crippen MR) is 92.3 cm³/mol. The zero-order chi connectivity index (χ0) is 17.9. The van der Waals surface area contributed by atoms with Gasteiger partial charge in [-0.2, -0.15) is 0 Å².